The third kappa shape index (κ3) is 4.20. The van der Waals surface area contributed by atoms with E-state index in [2.05, 4.69) is 16.4 Å². The molecule has 2 aromatic carbocycles. The van der Waals surface area contributed by atoms with Crippen LogP contribution >= 0.6 is 0 Å². The molecule has 0 atom stereocenters. The van der Waals surface area contributed by atoms with Crippen molar-refractivity contribution in [1.29, 1.82) is 0 Å². The second-order valence-electron chi connectivity index (χ2n) is 8.27. The Morgan fingerprint density at radius 3 is 2.53 bits per heavy atom. The van der Waals surface area contributed by atoms with Crippen molar-refractivity contribution in [2.45, 2.75) is 0 Å². The summed E-state index contributed by atoms with van der Waals surface area (Å²) in [6.07, 6.45) is 1.65. The molecule has 0 aliphatic carbocycles. The number of nitrogens with zero attached hydrogens (tertiary/aromatic N) is 4. The molecule has 2 aromatic heterocycles. The van der Waals surface area contributed by atoms with Gasteiger partial charge < -0.3 is 15.1 Å². The Labute approximate surface area is 186 Å². The van der Waals surface area contributed by atoms with Crippen LogP contribution in [0.25, 0.3) is 27.7 Å². The highest BCUT2D eigenvalue weighted by atomic mass is 16.2. The summed E-state index contributed by atoms with van der Waals surface area (Å²) >= 11 is 0. The second kappa shape index (κ2) is 8.80. The summed E-state index contributed by atoms with van der Waals surface area (Å²) in [7, 11) is 7.89. The van der Waals surface area contributed by atoms with Gasteiger partial charge in [0, 0.05) is 39.1 Å². The van der Waals surface area contributed by atoms with Gasteiger partial charge in [-0.3, -0.25) is 14.0 Å². The zero-order valence-electron chi connectivity index (χ0n) is 18.8. The molecule has 4 aromatic rings. The predicted molar refractivity (Wildman–Crippen MR) is 130 cm³/mol. The van der Waals surface area contributed by atoms with Crippen LogP contribution < -0.4 is 15.8 Å². The lowest BCUT2D eigenvalue weighted by Crippen LogP contribution is -2.32. The number of aromatic nitrogens is 2. The molecule has 0 bridgehead atoms. The number of benzene rings is 2. The minimum Gasteiger partial charge on any atom is -0.378 e. The van der Waals surface area contributed by atoms with Crippen molar-refractivity contribution in [3.63, 3.8) is 0 Å². The van der Waals surface area contributed by atoms with E-state index in [0.29, 0.717) is 28.7 Å². The zero-order chi connectivity index (χ0) is 22.8. The summed E-state index contributed by atoms with van der Waals surface area (Å²) in [5.74, 6) is -0.242. The van der Waals surface area contributed by atoms with E-state index >= 15 is 0 Å². The van der Waals surface area contributed by atoms with Gasteiger partial charge in [-0.15, -0.1) is 0 Å². The largest absolute Gasteiger partial charge is 0.378 e. The SMILES string of the molecule is CN(C)CCNC(=O)c1cccn2c(=O)c3cc(-c4cccc(N(C)C)c4)ccc3nc12. The van der Waals surface area contributed by atoms with Crippen LogP contribution in [0.5, 0.6) is 0 Å². The molecular formula is C25H27N5O2. The molecule has 0 radical (unpaired) electrons. The standard InChI is InChI=1S/C25H27N5O2/c1-28(2)14-12-26-24(31)20-9-6-13-30-23(20)27-22-11-10-18(16-21(22)25(30)32)17-7-5-8-19(15-17)29(3)4/h5-11,13,15-16H,12,14H2,1-4H3,(H,26,31). The van der Waals surface area contributed by atoms with Gasteiger partial charge in [0.15, 0.2) is 5.65 Å². The maximum atomic E-state index is 13.3. The quantitative estimate of drug-likeness (QED) is 0.478. The Balaban J connectivity index is 1.78. The fraction of sp³-hybridized carbons (Fsp3) is 0.240. The van der Waals surface area contributed by atoms with Crippen LogP contribution in [0.15, 0.2) is 65.6 Å². The molecule has 0 saturated carbocycles. The van der Waals surface area contributed by atoms with Gasteiger partial charge in [-0.1, -0.05) is 18.2 Å². The zero-order valence-corrected chi connectivity index (χ0v) is 18.8. The normalized spacial score (nSPS) is 11.3. The predicted octanol–water partition coefficient (Wildman–Crippen LogP) is 2.87. The Kier molecular flexibility index (Phi) is 5.92. The van der Waals surface area contributed by atoms with E-state index in [-0.39, 0.29) is 11.5 Å². The van der Waals surface area contributed by atoms with Gasteiger partial charge in [-0.05, 0) is 61.6 Å². The fourth-order valence-electron chi connectivity index (χ4n) is 3.64. The lowest BCUT2D eigenvalue weighted by atomic mass is 10.0. The monoisotopic (exact) mass is 429 g/mol. The van der Waals surface area contributed by atoms with Crippen LogP contribution in [0, 0.1) is 0 Å². The number of amides is 1. The van der Waals surface area contributed by atoms with Crippen LogP contribution in [0.2, 0.25) is 0 Å². The lowest BCUT2D eigenvalue weighted by Gasteiger charge is -2.14. The molecule has 32 heavy (non-hydrogen) atoms. The van der Waals surface area contributed by atoms with Crippen molar-refractivity contribution in [3.8, 4) is 11.1 Å². The smallest absolute Gasteiger partial charge is 0.265 e. The minimum absolute atomic E-state index is 0.196. The number of anilines is 1. The first-order valence-electron chi connectivity index (χ1n) is 10.5. The molecule has 7 heteroatoms. The highest BCUT2D eigenvalue weighted by molar-refractivity contribution is 6.00. The summed E-state index contributed by atoms with van der Waals surface area (Å²) in [6.45, 7) is 1.24. The number of rotatable bonds is 6. The van der Waals surface area contributed by atoms with Crippen molar-refractivity contribution in [2.24, 2.45) is 0 Å². The summed E-state index contributed by atoms with van der Waals surface area (Å²) in [4.78, 5) is 34.7. The highest BCUT2D eigenvalue weighted by Gasteiger charge is 2.15. The van der Waals surface area contributed by atoms with Gasteiger partial charge in [0.05, 0.1) is 16.5 Å². The van der Waals surface area contributed by atoms with E-state index in [1.54, 1.807) is 18.3 Å². The summed E-state index contributed by atoms with van der Waals surface area (Å²) < 4.78 is 1.45. The van der Waals surface area contributed by atoms with Gasteiger partial charge in [0.2, 0.25) is 0 Å². The fourth-order valence-corrected chi connectivity index (χ4v) is 3.64. The first-order chi connectivity index (χ1) is 15.3. The van der Waals surface area contributed by atoms with Gasteiger partial charge in [-0.25, -0.2) is 4.98 Å². The van der Waals surface area contributed by atoms with Crippen LogP contribution in [-0.2, 0) is 0 Å². The van der Waals surface area contributed by atoms with E-state index < -0.39 is 0 Å². The van der Waals surface area contributed by atoms with Gasteiger partial charge in [-0.2, -0.15) is 0 Å². The number of nitrogens with one attached hydrogen (secondary N) is 1. The summed E-state index contributed by atoms with van der Waals surface area (Å²) in [5, 5.41) is 3.41. The van der Waals surface area contributed by atoms with Crippen LogP contribution in [0.3, 0.4) is 0 Å². The molecule has 1 N–H and O–H groups in total. The van der Waals surface area contributed by atoms with Crippen LogP contribution in [0.4, 0.5) is 5.69 Å². The van der Waals surface area contributed by atoms with Crippen molar-refractivity contribution in [2.75, 3.05) is 46.2 Å². The number of fused-ring (bicyclic) bond motifs is 2. The molecule has 0 fully saturated rings. The van der Waals surface area contributed by atoms with Crippen molar-refractivity contribution in [3.05, 3.63) is 76.7 Å². The van der Waals surface area contributed by atoms with E-state index in [1.165, 1.54) is 4.40 Å². The number of carbonyl (C=O) groups excluding carboxylic acids is 1. The van der Waals surface area contributed by atoms with Gasteiger partial charge >= 0.3 is 0 Å². The highest BCUT2D eigenvalue weighted by Crippen LogP contribution is 2.26. The first kappa shape index (κ1) is 21.5. The van der Waals surface area contributed by atoms with Crippen molar-refractivity contribution < 1.29 is 4.79 Å². The molecule has 164 valence electrons. The van der Waals surface area contributed by atoms with Crippen molar-refractivity contribution >= 4 is 28.1 Å². The molecule has 0 saturated heterocycles. The molecule has 1 amide bonds. The van der Waals surface area contributed by atoms with Crippen LogP contribution in [0.1, 0.15) is 10.4 Å². The van der Waals surface area contributed by atoms with E-state index in [9.17, 15) is 9.59 Å². The average Bonchev–Trinajstić information content (AvgIpc) is 2.78. The minimum atomic E-state index is -0.242. The van der Waals surface area contributed by atoms with Crippen molar-refractivity contribution in [1.82, 2.24) is 19.6 Å². The number of likely N-dealkylation sites (N-methyl/N-ethyl adjacent to an activating group) is 1. The molecule has 0 aliphatic rings. The Bertz CT molecular complexity index is 1360. The maximum Gasteiger partial charge on any atom is 0.265 e. The number of hydrogen-bond donors (Lipinski definition) is 1. The first-order valence-corrected chi connectivity index (χ1v) is 10.5. The van der Waals surface area contributed by atoms with E-state index in [0.717, 1.165) is 23.4 Å². The molecule has 0 unspecified atom stereocenters. The molecule has 4 rings (SSSR count). The van der Waals surface area contributed by atoms with Gasteiger partial charge in [0.1, 0.15) is 0 Å². The average molecular weight is 430 g/mol. The topological polar surface area (TPSA) is 70.0 Å². The number of pyridine rings is 1. The van der Waals surface area contributed by atoms with Gasteiger partial charge in [0.25, 0.3) is 11.5 Å². The van der Waals surface area contributed by atoms with Crippen LogP contribution in [-0.4, -0.2) is 61.5 Å². The third-order valence-electron chi connectivity index (χ3n) is 5.42. The maximum absolute atomic E-state index is 13.3. The third-order valence-corrected chi connectivity index (χ3v) is 5.42. The molecule has 0 spiro atoms. The number of carbonyl (C=O) groups is 1. The second-order valence-corrected chi connectivity index (χ2v) is 8.27. The lowest BCUT2D eigenvalue weighted by molar-refractivity contribution is 0.0952. The molecule has 2 heterocycles. The Morgan fingerprint density at radius 1 is 1.00 bits per heavy atom. The summed E-state index contributed by atoms with van der Waals surface area (Å²) in [5.41, 5.74) is 4.16. The van der Waals surface area contributed by atoms with E-state index in [1.807, 2.05) is 74.4 Å². The Hall–Kier alpha value is -3.71. The number of hydrogen-bond acceptors (Lipinski definition) is 5. The molecule has 7 nitrogen and oxygen atoms in total. The summed E-state index contributed by atoms with van der Waals surface area (Å²) in [6, 6.07) is 17.2. The molecular weight excluding hydrogens is 402 g/mol. The Morgan fingerprint density at radius 2 is 1.78 bits per heavy atom. The van der Waals surface area contributed by atoms with E-state index in [4.69, 9.17) is 0 Å². The molecule has 0 aliphatic heterocycles.